The van der Waals surface area contributed by atoms with Gasteiger partial charge in [-0.3, -0.25) is 14.4 Å². The predicted molar refractivity (Wildman–Crippen MR) is 344 cm³/mol. The van der Waals surface area contributed by atoms with E-state index in [-0.39, 0.29) is 31.1 Å². The maximum absolute atomic E-state index is 12.9. The van der Waals surface area contributed by atoms with Crippen molar-refractivity contribution in [1.29, 1.82) is 0 Å². The van der Waals surface area contributed by atoms with Crippen molar-refractivity contribution in [2.45, 2.75) is 374 Å². The lowest BCUT2D eigenvalue weighted by Crippen LogP contribution is -2.30. The lowest BCUT2D eigenvalue weighted by molar-refractivity contribution is -0.167. The van der Waals surface area contributed by atoms with Crippen LogP contribution in [-0.4, -0.2) is 37.2 Å². The smallest absolute Gasteiger partial charge is 0.306 e. The normalized spacial score (nSPS) is 12.4. The zero-order valence-corrected chi connectivity index (χ0v) is 52.9. The number of ether oxygens (including phenoxy) is 3. The highest BCUT2D eigenvalue weighted by atomic mass is 16.6. The highest BCUT2D eigenvalue weighted by Gasteiger charge is 2.19. The van der Waals surface area contributed by atoms with E-state index in [1.807, 2.05) is 0 Å². The van der Waals surface area contributed by atoms with Crippen molar-refractivity contribution in [3.63, 3.8) is 0 Å². The van der Waals surface area contributed by atoms with Gasteiger partial charge >= 0.3 is 17.9 Å². The van der Waals surface area contributed by atoms with Crippen LogP contribution in [0.4, 0.5) is 0 Å². The molecule has 6 nitrogen and oxygen atoms in total. The molecule has 0 saturated carbocycles. The van der Waals surface area contributed by atoms with E-state index < -0.39 is 6.10 Å². The van der Waals surface area contributed by atoms with Crippen LogP contribution in [0.1, 0.15) is 367 Å². The lowest BCUT2D eigenvalue weighted by atomic mass is 10.0. The van der Waals surface area contributed by atoms with Crippen LogP contribution in [0.5, 0.6) is 0 Å². The first kappa shape index (κ1) is 76.1. The van der Waals surface area contributed by atoms with Gasteiger partial charge in [0.25, 0.3) is 0 Å². The molecule has 6 heteroatoms. The molecular weight excluding hydrogens is 973 g/mol. The van der Waals surface area contributed by atoms with Gasteiger partial charge in [-0.05, 0) is 103 Å². The average Bonchev–Trinajstić information content (AvgIpc) is 3.45. The van der Waals surface area contributed by atoms with Crippen LogP contribution in [0.3, 0.4) is 0 Å². The molecule has 0 fully saturated rings. The Kier molecular flexibility index (Phi) is 65.1. The summed E-state index contributed by atoms with van der Waals surface area (Å²) in [5.74, 6) is -0.876. The number of hydrogen-bond acceptors (Lipinski definition) is 6. The zero-order chi connectivity index (χ0) is 57.1. The monoisotopic (exact) mass is 1110 g/mol. The van der Waals surface area contributed by atoms with Crippen molar-refractivity contribution < 1.29 is 28.6 Å². The molecule has 0 rings (SSSR count). The van der Waals surface area contributed by atoms with Crippen LogP contribution in [0.25, 0.3) is 0 Å². The van der Waals surface area contributed by atoms with Gasteiger partial charge in [-0.2, -0.15) is 0 Å². The summed E-state index contributed by atoms with van der Waals surface area (Å²) in [4.78, 5) is 38.4. The summed E-state index contributed by atoms with van der Waals surface area (Å²) in [7, 11) is 0. The maximum atomic E-state index is 12.9. The van der Waals surface area contributed by atoms with E-state index >= 15 is 0 Å². The summed E-state index contributed by atoms with van der Waals surface area (Å²) >= 11 is 0. The topological polar surface area (TPSA) is 78.9 Å². The molecule has 0 aromatic carbocycles. The SMILES string of the molecule is CC/C=C\C/C=C\C/C=C\CCCCCCCC(=O)OCC(COC(=O)CCCCCCCCCCCCCCCCC/C=C\CCCCCCCCCC)OC(=O)CCCCCCCCCCC/C=C\CCCCCCCC. The molecule has 0 spiro atoms. The molecule has 0 bridgehead atoms. The molecule has 0 saturated heterocycles. The second-order valence-electron chi connectivity index (χ2n) is 23.4. The van der Waals surface area contributed by atoms with E-state index in [0.29, 0.717) is 19.3 Å². The van der Waals surface area contributed by atoms with Crippen LogP contribution in [-0.2, 0) is 28.6 Å². The summed E-state index contributed by atoms with van der Waals surface area (Å²) < 4.78 is 17.0. The largest absolute Gasteiger partial charge is 0.462 e. The van der Waals surface area contributed by atoms with Crippen molar-refractivity contribution in [2.75, 3.05) is 13.2 Å². The van der Waals surface area contributed by atoms with Gasteiger partial charge in [-0.25, -0.2) is 0 Å². The minimum absolute atomic E-state index is 0.0777. The second kappa shape index (κ2) is 67.6. The molecule has 0 aliphatic rings. The number of unbranched alkanes of at least 4 members (excludes halogenated alkanes) is 43. The van der Waals surface area contributed by atoms with Crippen molar-refractivity contribution in [3.8, 4) is 0 Å². The van der Waals surface area contributed by atoms with Crippen LogP contribution in [0, 0.1) is 0 Å². The van der Waals surface area contributed by atoms with Crippen molar-refractivity contribution in [2.24, 2.45) is 0 Å². The van der Waals surface area contributed by atoms with E-state index in [2.05, 4.69) is 81.5 Å². The molecule has 0 N–H and O–H groups in total. The average molecular weight is 1110 g/mol. The Hall–Kier alpha value is -2.89. The van der Waals surface area contributed by atoms with Gasteiger partial charge < -0.3 is 14.2 Å². The first-order valence-electron chi connectivity index (χ1n) is 34.8. The fourth-order valence-electron chi connectivity index (χ4n) is 10.3. The van der Waals surface area contributed by atoms with Gasteiger partial charge in [-0.1, -0.05) is 306 Å². The first-order chi connectivity index (χ1) is 39.0. The molecule has 0 aliphatic carbocycles. The third kappa shape index (κ3) is 65.8. The number of rotatable bonds is 64. The van der Waals surface area contributed by atoms with E-state index in [9.17, 15) is 14.4 Å². The van der Waals surface area contributed by atoms with E-state index in [1.54, 1.807) is 0 Å². The van der Waals surface area contributed by atoms with Gasteiger partial charge in [0.2, 0.25) is 0 Å². The molecule has 0 aromatic rings. The lowest BCUT2D eigenvalue weighted by Gasteiger charge is -2.18. The minimum atomic E-state index is -0.783. The number of carbonyl (C=O) groups is 3. The molecule has 460 valence electrons. The van der Waals surface area contributed by atoms with E-state index in [4.69, 9.17) is 14.2 Å². The maximum Gasteiger partial charge on any atom is 0.306 e. The molecule has 79 heavy (non-hydrogen) atoms. The summed E-state index contributed by atoms with van der Waals surface area (Å²) in [6.07, 6.45) is 86.8. The first-order valence-corrected chi connectivity index (χ1v) is 34.8. The summed E-state index contributed by atoms with van der Waals surface area (Å²) in [6, 6.07) is 0. The molecule has 0 aliphatic heterocycles. The van der Waals surface area contributed by atoms with Crippen molar-refractivity contribution >= 4 is 17.9 Å². The van der Waals surface area contributed by atoms with Gasteiger partial charge in [0, 0.05) is 19.3 Å². The Morgan fingerprint density at radius 1 is 0.266 bits per heavy atom. The Balaban J connectivity index is 4.27. The number of esters is 3. The van der Waals surface area contributed by atoms with Gasteiger partial charge in [0.15, 0.2) is 6.10 Å². The highest BCUT2D eigenvalue weighted by molar-refractivity contribution is 5.71. The fraction of sp³-hybridized carbons (Fsp3) is 0.822. The molecule has 0 amide bonds. The molecule has 0 aromatic heterocycles. The number of allylic oxidation sites excluding steroid dienone is 10. The van der Waals surface area contributed by atoms with Crippen molar-refractivity contribution in [1.82, 2.24) is 0 Å². The summed E-state index contributed by atoms with van der Waals surface area (Å²) in [5, 5.41) is 0. The van der Waals surface area contributed by atoms with E-state index in [1.165, 1.54) is 231 Å². The molecule has 1 unspecified atom stereocenters. The van der Waals surface area contributed by atoms with Crippen LogP contribution < -0.4 is 0 Å². The third-order valence-corrected chi connectivity index (χ3v) is 15.5. The molecule has 0 heterocycles. The fourth-order valence-corrected chi connectivity index (χ4v) is 10.3. The Morgan fingerprint density at radius 2 is 0.494 bits per heavy atom. The third-order valence-electron chi connectivity index (χ3n) is 15.5. The van der Waals surface area contributed by atoms with Crippen LogP contribution in [0.2, 0.25) is 0 Å². The number of carbonyl (C=O) groups excluding carboxylic acids is 3. The van der Waals surface area contributed by atoms with Gasteiger partial charge in [0.1, 0.15) is 13.2 Å². The van der Waals surface area contributed by atoms with E-state index in [0.717, 1.165) is 96.3 Å². The Morgan fingerprint density at radius 3 is 0.785 bits per heavy atom. The summed E-state index contributed by atoms with van der Waals surface area (Å²) in [6.45, 7) is 6.56. The quantitative estimate of drug-likeness (QED) is 0.0261. The summed E-state index contributed by atoms with van der Waals surface area (Å²) in [5.41, 5.74) is 0. The second-order valence-corrected chi connectivity index (χ2v) is 23.4. The Labute approximate surface area is 491 Å². The van der Waals surface area contributed by atoms with Crippen LogP contribution >= 0.6 is 0 Å². The zero-order valence-electron chi connectivity index (χ0n) is 52.9. The van der Waals surface area contributed by atoms with Gasteiger partial charge in [0.05, 0.1) is 0 Å². The molecule has 1 atom stereocenters. The highest BCUT2D eigenvalue weighted by Crippen LogP contribution is 2.18. The molecule has 0 radical (unpaired) electrons. The predicted octanol–water partition coefficient (Wildman–Crippen LogP) is 23.9. The van der Waals surface area contributed by atoms with Crippen molar-refractivity contribution in [3.05, 3.63) is 60.8 Å². The Bertz CT molecular complexity index is 1410. The standard InChI is InChI=1S/C73H132O6/c1-4-7-10-13-16-19-22-25-28-30-32-33-34-35-36-37-38-39-41-42-45-48-51-54-57-60-63-66-72(75)78-69-70(68-77-71(74)65-62-59-56-53-50-47-44-27-24-21-18-15-12-9-6-3)79-73(76)67-64-61-58-55-52-49-46-43-40-31-29-26-23-20-17-14-11-8-5-2/h9,12,18,21,26-27,29-30,32,44,70H,4-8,10-11,13-17,19-20,22-25,28,31,33-43,45-69H2,1-3H3/b12-9-,21-18-,29-26-,32-30-,44-27-. The molecular formula is C73H132O6. The number of hydrogen-bond donors (Lipinski definition) is 0. The van der Waals surface area contributed by atoms with Crippen LogP contribution in [0.15, 0.2) is 60.8 Å². The van der Waals surface area contributed by atoms with Gasteiger partial charge in [-0.15, -0.1) is 0 Å². The minimum Gasteiger partial charge on any atom is -0.462 e.